The zero-order chi connectivity index (χ0) is 42.5. The normalized spacial score (nSPS) is 20.4. The highest BCUT2D eigenvalue weighted by molar-refractivity contribution is 6.35. The molecule has 1 heterocycles. The molecule has 55 heavy (non-hydrogen) atoms. The first kappa shape index (κ1) is 51.3. The summed E-state index contributed by atoms with van der Waals surface area (Å²) in [5.41, 5.74) is 4.76. The molecule has 2 aliphatic rings. The van der Waals surface area contributed by atoms with Gasteiger partial charge in [-0.15, -0.1) is 0 Å². The molecule has 2 fully saturated rings. The van der Waals surface area contributed by atoms with Crippen molar-refractivity contribution >= 4 is 35.4 Å². The van der Waals surface area contributed by atoms with Crippen LogP contribution in [0.3, 0.4) is 0 Å². The summed E-state index contributed by atoms with van der Waals surface area (Å²) in [4.78, 5) is 79.1. The molecule has 0 aromatic rings. The molecule has 0 bridgehead atoms. The predicted octanol–water partition coefficient (Wildman–Crippen LogP) is 6.58. The quantitative estimate of drug-likeness (QED) is 0.0649. The maximum absolute atomic E-state index is 14.3. The molecule has 0 aromatic carbocycles. The van der Waals surface area contributed by atoms with Gasteiger partial charge in [-0.1, -0.05) is 113 Å². The van der Waals surface area contributed by atoms with Gasteiger partial charge in [-0.3, -0.25) is 24.0 Å². The number of urea groups is 1. The van der Waals surface area contributed by atoms with Gasteiger partial charge in [0.2, 0.25) is 23.5 Å². The Morgan fingerprint density at radius 2 is 1.53 bits per heavy atom. The maximum Gasteiger partial charge on any atom is 0.315 e. The summed E-state index contributed by atoms with van der Waals surface area (Å²) in [6.07, 6.45) is 13.2. The van der Waals surface area contributed by atoms with E-state index in [0.717, 1.165) is 25.7 Å². The summed E-state index contributed by atoms with van der Waals surface area (Å²) in [7, 11) is 1.59. The number of rotatable bonds is 21. The summed E-state index contributed by atoms with van der Waals surface area (Å²) < 4.78 is 0. The number of nitrogens with one attached hydrogen (secondary N) is 4. The maximum atomic E-state index is 14.3. The summed E-state index contributed by atoms with van der Waals surface area (Å²) in [5.74, 6) is -2.32. The van der Waals surface area contributed by atoms with Crippen molar-refractivity contribution in [2.24, 2.45) is 34.3 Å². The topological polar surface area (TPSA) is 180 Å². The Balaban J connectivity index is 0.00000704. The fourth-order valence-corrected chi connectivity index (χ4v) is 7.59. The van der Waals surface area contributed by atoms with Crippen molar-refractivity contribution in [3.05, 3.63) is 24.3 Å². The molecule has 2 rings (SSSR count). The molecule has 1 saturated heterocycles. The van der Waals surface area contributed by atoms with Gasteiger partial charge in [0.1, 0.15) is 6.04 Å². The fraction of sp³-hybridized carbons (Fsp3) is 0.767. The molecule has 1 aliphatic carbocycles. The highest BCUT2D eigenvalue weighted by atomic mass is 16.2. The van der Waals surface area contributed by atoms with Gasteiger partial charge in [0.25, 0.3) is 5.91 Å². The zero-order valence-corrected chi connectivity index (χ0v) is 36.6. The minimum Gasteiger partial charge on any atom is -0.363 e. The molecule has 0 spiro atoms. The smallest absolute Gasteiger partial charge is 0.315 e. The van der Waals surface area contributed by atoms with Crippen LogP contribution in [0.25, 0.3) is 0 Å². The minimum absolute atomic E-state index is 0.0142. The van der Waals surface area contributed by atoms with Gasteiger partial charge in [-0.2, -0.15) is 0 Å². The third kappa shape index (κ3) is 16.5. The summed E-state index contributed by atoms with van der Waals surface area (Å²) >= 11 is 0. The molecule has 1 aliphatic heterocycles. The van der Waals surface area contributed by atoms with Crippen molar-refractivity contribution in [2.75, 3.05) is 13.6 Å². The van der Waals surface area contributed by atoms with Crippen LogP contribution in [0.4, 0.5) is 4.79 Å². The lowest BCUT2D eigenvalue weighted by molar-refractivity contribution is -0.141. The summed E-state index contributed by atoms with van der Waals surface area (Å²) in [5, 5.41) is 11.8. The molecule has 6 amide bonds. The molecule has 316 valence electrons. The molecule has 0 radical (unpaired) electrons. The number of amides is 6. The third-order valence-corrected chi connectivity index (χ3v) is 11.0. The number of nitrogens with zero attached hydrogens (tertiary/aromatic N) is 1. The Hall–Kier alpha value is -3.70. The van der Waals surface area contributed by atoms with Crippen molar-refractivity contribution < 1.29 is 28.8 Å². The SMILES string of the molecule is C/C=C\C/C=C\CCC(CC)C(CC(=O)N1C[C@H]2[C@@H](C1C(=O)NC(CCC)CC(=O)C(N)=O)C2(C)C)NC(=O)NC(CCC(=O)NC)C(C)(C)C.CC.CC. The lowest BCUT2D eigenvalue weighted by Crippen LogP contribution is -2.55. The molecule has 1 saturated carbocycles. The second kappa shape index (κ2) is 25.5. The molecule has 6 N–H and O–H groups in total. The number of carbonyl (C=O) groups excluding carboxylic acids is 6. The van der Waals surface area contributed by atoms with Crippen LogP contribution in [0.5, 0.6) is 0 Å². The number of fused-ring (bicyclic) bond motifs is 1. The third-order valence-electron chi connectivity index (χ3n) is 11.0. The van der Waals surface area contributed by atoms with E-state index in [1.807, 2.05) is 68.4 Å². The monoisotopic (exact) mass is 775 g/mol. The van der Waals surface area contributed by atoms with E-state index in [2.05, 4.69) is 60.3 Å². The van der Waals surface area contributed by atoms with Crippen molar-refractivity contribution in [3.8, 4) is 0 Å². The number of Topliss-reactive ketones (excluding diaryl/α,β-unsaturated/α-hetero) is 1. The summed E-state index contributed by atoms with van der Waals surface area (Å²) in [6, 6.07) is -2.48. The van der Waals surface area contributed by atoms with Crippen molar-refractivity contribution in [2.45, 2.75) is 171 Å². The second-order valence-electron chi connectivity index (χ2n) is 16.0. The number of carbonyl (C=O) groups is 6. The van der Waals surface area contributed by atoms with E-state index >= 15 is 0 Å². The van der Waals surface area contributed by atoms with Crippen molar-refractivity contribution in [1.82, 2.24) is 26.2 Å². The van der Waals surface area contributed by atoms with Gasteiger partial charge in [0, 0.05) is 51.0 Å². The van der Waals surface area contributed by atoms with E-state index in [4.69, 9.17) is 5.73 Å². The standard InChI is InChI=1S/C39H66N6O6.2C2H6/c1-10-13-14-15-16-17-19-25(12-3)28(43-37(51)44-30(38(4,5)6)20-21-31(47)41-9)23-32(48)45-24-27-33(39(27,7)8)34(45)36(50)42-26(18-11-2)22-29(46)35(40)49;2*1-2/h10,13,15-16,25-28,30,33-34H,11-12,14,17-24H2,1-9H3,(H2,40,49)(H,41,47)(H,42,50)(H2,43,44,51);2*1-2H3/b13-10-,16-15-;;/t25?,26?,27-,28?,30?,33-,34?;;/m0../s1. The van der Waals surface area contributed by atoms with Gasteiger partial charge in [-0.25, -0.2) is 4.79 Å². The van der Waals surface area contributed by atoms with Crippen LogP contribution < -0.4 is 27.0 Å². The fourth-order valence-electron chi connectivity index (χ4n) is 7.59. The van der Waals surface area contributed by atoms with Crippen LogP contribution in [0.2, 0.25) is 0 Å². The highest BCUT2D eigenvalue weighted by Gasteiger charge is 2.69. The Bertz CT molecular complexity index is 1290. The average molecular weight is 775 g/mol. The number of ketones is 1. The number of hydrogen-bond acceptors (Lipinski definition) is 6. The number of nitrogens with two attached hydrogens (primary N) is 1. The second-order valence-corrected chi connectivity index (χ2v) is 16.0. The van der Waals surface area contributed by atoms with E-state index in [0.29, 0.717) is 25.8 Å². The molecular weight excluding hydrogens is 697 g/mol. The van der Waals surface area contributed by atoms with Crippen LogP contribution >= 0.6 is 0 Å². The Morgan fingerprint density at radius 1 is 0.891 bits per heavy atom. The predicted molar refractivity (Wildman–Crippen MR) is 223 cm³/mol. The molecule has 0 aromatic heterocycles. The lowest BCUT2D eigenvalue weighted by atomic mass is 9.84. The largest absolute Gasteiger partial charge is 0.363 e. The van der Waals surface area contributed by atoms with E-state index in [1.165, 1.54) is 0 Å². The van der Waals surface area contributed by atoms with Gasteiger partial charge in [0.05, 0.1) is 0 Å². The molecule has 12 heteroatoms. The van der Waals surface area contributed by atoms with E-state index in [1.54, 1.807) is 11.9 Å². The number of likely N-dealkylation sites (tertiary alicyclic amines) is 1. The minimum atomic E-state index is -1.03. The highest BCUT2D eigenvalue weighted by Crippen LogP contribution is 2.65. The Labute approximate surface area is 333 Å². The zero-order valence-electron chi connectivity index (χ0n) is 36.6. The van der Waals surface area contributed by atoms with Gasteiger partial charge in [-0.05, 0) is 67.6 Å². The van der Waals surface area contributed by atoms with Gasteiger partial charge < -0.3 is 31.9 Å². The van der Waals surface area contributed by atoms with Crippen LogP contribution in [-0.4, -0.2) is 78.1 Å². The lowest BCUT2D eigenvalue weighted by Gasteiger charge is -2.35. The summed E-state index contributed by atoms with van der Waals surface area (Å²) in [6.45, 7) is 24.6. The molecule has 5 unspecified atom stereocenters. The number of allylic oxidation sites excluding steroid dienone is 4. The first-order valence-electron chi connectivity index (χ1n) is 20.9. The van der Waals surface area contributed by atoms with E-state index in [9.17, 15) is 28.8 Å². The van der Waals surface area contributed by atoms with Crippen molar-refractivity contribution in [1.29, 1.82) is 0 Å². The first-order chi connectivity index (χ1) is 25.9. The molecule has 7 atom stereocenters. The number of hydrogen-bond donors (Lipinski definition) is 5. The van der Waals surface area contributed by atoms with E-state index < -0.39 is 35.8 Å². The van der Waals surface area contributed by atoms with Crippen molar-refractivity contribution in [3.63, 3.8) is 0 Å². The Morgan fingerprint density at radius 3 is 2.05 bits per heavy atom. The van der Waals surface area contributed by atoms with Crippen LogP contribution in [0.1, 0.15) is 147 Å². The van der Waals surface area contributed by atoms with Crippen LogP contribution in [0.15, 0.2) is 24.3 Å². The molecular formula is C43H78N6O6. The number of piperidine rings is 1. The molecule has 12 nitrogen and oxygen atoms in total. The number of primary amides is 1. The Kier molecular flexibility index (Phi) is 23.7. The first-order valence-corrected chi connectivity index (χ1v) is 20.9. The van der Waals surface area contributed by atoms with Gasteiger partial charge >= 0.3 is 6.03 Å². The van der Waals surface area contributed by atoms with E-state index in [-0.39, 0.29) is 71.6 Å². The van der Waals surface area contributed by atoms with Crippen LogP contribution in [0, 0.1) is 28.6 Å². The van der Waals surface area contributed by atoms with Crippen LogP contribution in [-0.2, 0) is 24.0 Å². The average Bonchev–Trinajstić information content (AvgIpc) is 3.43. The van der Waals surface area contributed by atoms with Gasteiger partial charge in [0.15, 0.2) is 0 Å².